The van der Waals surface area contributed by atoms with Gasteiger partial charge < -0.3 is 57.0 Å². The number of rotatable bonds is 49. The van der Waals surface area contributed by atoms with Crippen LogP contribution in [0.2, 0.25) is 0 Å². The van der Waals surface area contributed by atoms with Crippen LogP contribution in [0.5, 0.6) is 0 Å². The molecule has 33 nitrogen and oxygen atoms in total. The van der Waals surface area contributed by atoms with Crippen molar-refractivity contribution < 1.29 is 175 Å². The van der Waals surface area contributed by atoms with Gasteiger partial charge >= 0.3 is 29.6 Å². The summed E-state index contributed by atoms with van der Waals surface area (Å²) in [6, 6.07) is 39.2. The molecule has 5 aromatic carbocycles. The van der Waals surface area contributed by atoms with E-state index >= 15 is 0 Å². The minimum atomic E-state index is -3.81. The Morgan fingerprint density at radius 2 is 0.529 bits per heavy atom. The third-order valence-corrected chi connectivity index (χ3v) is 27.3. The molecule has 0 aromatic heterocycles. The maximum absolute atomic E-state index is 12.8. The average Bonchev–Trinajstić information content (AvgIpc) is 0.860. The van der Waals surface area contributed by atoms with Gasteiger partial charge in [0.05, 0.1) is 97.5 Å². The van der Waals surface area contributed by atoms with Crippen molar-refractivity contribution in [1.82, 2.24) is 0 Å². The zero-order chi connectivity index (χ0) is 77.1. The molecular formula is C56H79NaO33S14. The SMILES string of the molecule is CCO.CS(=O)(=O)OCOCC(COCC(COCOS(C)(=O)=O)OCOS(C)(=O)=O)OCOS(C)(=O)=O.O=S(=O)(SCOCC(COCC(COCSS(=O)(=O)c1ccccc1)OCSS(=O)(=O)c1ccccc1)OCSS(=O)(=O)c1ccccc1)c1ccccc1.O=S([O-])(=S)c1ccccc1.[Na+]. The monoisotopic (exact) mass is 1750 g/mol. The van der Waals surface area contributed by atoms with Gasteiger partial charge in [0.15, 0.2) is 27.2 Å². The Hall–Kier alpha value is -2.17. The van der Waals surface area contributed by atoms with E-state index < -0.39 is 136 Å². The molecule has 5 aromatic rings. The molecule has 0 aliphatic carbocycles. The number of aliphatic hydroxyl groups excluding tert-OH is 1. The molecule has 0 heterocycles. The molecule has 0 amide bonds. The first-order valence-corrected chi connectivity index (χ1v) is 50.5. The van der Waals surface area contributed by atoms with Crippen LogP contribution in [0.25, 0.3) is 0 Å². The van der Waals surface area contributed by atoms with E-state index in [0.29, 0.717) is 43.2 Å². The van der Waals surface area contributed by atoms with E-state index in [4.69, 9.17) is 52.5 Å². The van der Waals surface area contributed by atoms with Crippen LogP contribution < -0.4 is 29.6 Å². The first kappa shape index (κ1) is 99.8. The summed E-state index contributed by atoms with van der Waals surface area (Å²) in [6.45, 7) is -2.58. The summed E-state index contributed by atoms with van der Waals surface area (Å²) >= 11 is 4.22. The van der Waals surface area contributed by atoms with Gasteiger partial charge in [-0.3, -0.25) is 4.21 Å². The number of ether oxygens (including phenoxy) is 10. The van der Waals surface area contributed by atoms with Crippen molar-refractivity contribution in [3.8, 4) is 0 Å². The van der Waals surface area contributed by atoms with Crippen molar-refractivity contribution in [3.05, 3.63) is 152 Å². The molecule has 0 spiro atoms. The Balaban J connectivity index is 0.000000937. The Bertz CT molecular complexity index is 4010. The zero-order valence-corrected chi connectivity index (χ0v) is 69.9. The molecule has 0 bridgehead atoms. The third-order valence-electron chi connectivity index (χ3n) is 11.0. The van der Waals surface area contributed by atoms with Crippen molar-refractivity contribution in [3.63, 3.8) is 0 Å². The first-order valence-electron chi connectivity index (χ1n) is 28.9. The van der Waals surface area contributed by atoms with Crippen LogP contribution in [0.1, 0.15) is 6.92 Å². The van der Waals surface area contributed by atoms with E-state index in [1.165, 1.54) is 60.7 Å². The second kappa shape index (κ2) is 52.1. The molecule has 0 saturated carbocycles. The van der Waals surface area contributed by atoms with Gasteiger partial charge in [-0.15, -0.1) is 0 Å². The summed E-state index contributed by atoms with van der Waals surface area (Å²) < 4.78 is 283. The summed E-state index contributed by atoms with van der Waals surface area (Å²) in [4.78, 5) is 0.599. The van der Waals surface area contributed by atoms with Crippen LogP contribution >= 0.6 is 43.2 Å². The molecule has 5 atom stereocenters. The van der Waals surface area contributed by atoms with Crippen LogP contribution in [0.15, 0.2) is 176 Å². The Labute approximate surface area is 650 Å². The standard InChI is InChI=1S/C34H38O13S8.C14H30O17S4.C6H6O2S2.C2H6O.Na/c35-52(36,31-13-5-1-6-14-31)48-25-44-23-29(46-27-50-54(39,40)33-17-9-3-10-18-33)21-43-22-30(47-28-51-55(41,42)34-19-11-4-12-20-34)24-45-26-49-53(37,38)32-15-7-2-8-16-32;1-32(15,16)28-9-24-7-13(26-11-30-34(3,19)20)5-23-6-14(27-12-31-35(4,21)22)8-25-10-29-33(2,17)18;7-10(8,9)6-4-2-1-3-5-6;1-2-3;/h1-20,29-30H,21-28H2;13-14H,5-12H2,1-4H3;1-5H,(H,7,8,9);3H,2H2,1H3;/q;;;;+1/p-1. The summed E-state index contributed by atoms with van der Waals surface area (Å²) in [5, 5.41) is 7.57. The molecule has 1 N–H and O–H groups in total. The average molecular weight is 1750 g/mol. The smallest absolute Gasteiger partial charge is 0.766 e. The molecular weight excluding hydrogens is 1670 g/mol. The molecule has 0 saturated heterocycles. The second-order valence-corrected chi connectivity index (χ2v) is 44.3. The first-order chi connectivity index (χ1) is 48.2. The third kappa shape index (κ3) is 49.9. The van der Waals surface area contributed by atoms with Crippen molar-refractivity contribution in [1.29, 1.82) is 0 Å². The molecule has 0 aliphatic rings. The minimum Gasteiger partial charge on any atom is -0.766 e. The Morgan fingerprint density at radius 1 is 0.327 bits per heavy atom. The van der Waals surface area contributed by atoms with E-state index in [2.05, 4.69) is 27.9 Å². The molecule has 5 unspecified atom stereocenters. The fraction of sp³-hybridized carbons (Fsp3) is 0.464. The van der Waals surface area contributed by atoms with Gasteiger partial charge in [-0.1, -0.05) is 91.0 Å². The topological polar surface area (TPSA) is 463 Å². The van der Waals surface area contributed by atoms with Gasteiger partial charge in [0.1, 0.15) is 48.2 Å². The predicted octanol–water partition coefficient (Wildman–Crippen LogP) is 1.59. The largest absolute Gasteiger partial charge is 1.00 e. The van der Waals surface area contributed by atoms with Crippen LogP contribution in [-0.2, 0) is 160 Å². The summed E-state index contributed by atoms with van der Waals surface area (Å²) in [5.74, 6) is -1.14. The molecule has 5 rings (SSSR count). The molecule has 0 aliphatic heterocycles. The molecule has 48 heteroatoms. The van der Waals surface area contributed by atoms with Crippen molar-refractivity contribution in [2.24, 2.45) is 0 Å². The van der Waals surface area contributed by atoms with Gasteiger partial charge in [-0.05, 0) is 87.5 Å². The molecule has 104 heavy (non-hydrogen) atoms. The maximum atomic E-state index is 12.8. The predicted molar refractivity (Wildman–Crippen MR) is 386 cm³/mol. The fourth-order valence-electron chi connectivity index (χ4n) is 6.40. The fourth-order valence-corrected chi connectivity index (χ4v) is 17.2. The van der Waals surface area contributed by atoms with Crippen LogP contribution in [0.4, 0.5) is 0 Å². The Morgan fingerprint density at radius 3 is 0.760 bits per heavy atom. The number of aliphatic hydroxyl groups is 1. The van der Waals surface area contributed by atoms with Crippen LogP contribution in [0, 0.1) is 0 Å². The Kier molecular flexibility index (Phi) is 50.1. The van der Waals surface area contributed by atoms with E-state index in [1.54, 1.807) is 97.9 Å². The zero-order valence-electron chi connectivity index (χ0n) is 56.5. The summed E-state index contributed by atoms with van der Waals surface area (Å²) in [6.07, 6.45) is -0.476. The number of benzene rings is 5. The van der Waals surface area contributed by atoms with Crippen molar-refractivity contribution >= 4 is 139 Å². The van der Waals surface area contributed by atoms with Gasteiger partial charge in [0.2, 0.25) is 35.5 Å². The molecule has 586 valence electrons. The van der Waals surface area contributed by atoms with Gasteiger partial charge in [-0.2, -0.15) is 33.7 Å². The second-order valence-electron chi connectivity index (χ2n) is 19.6. The van der Waals surface area contributed by atoms with Gasteiger partial charge in [-0.25, -0.2) is 50.4 Å². The van der Waals surface area contributed by atoms with Crippen molar-refractivity contribution in [2.45, 2.75) is 55.8 Å². The summed E-state index contributed by atoms with van der Waals surface area (Å²) in [5.41, 5.74) is 0. The summed E-state index contributed by atoms with van der Waals surface area (Å²) in [7, 11) is -31.2. The van der Waals surface area contributed by atoms with E-state index in [-0.39, 0.29) is 137 Å². The molecule has 0 fully saturated rings. The van der Waals surface area contributed by atoms with E-state index in [0.717, 1.165) is 25.0 Å². The van der Waals surface area contributed by atoms with E-state index in [9.17, 15) is 76.1 Å². The van der Waals surface area contributed by atoms with Gasteiger partial charge in [0, 0.05) is 54.7 Å². The van der Waals surface area contributed by atoms with Crippen LogP contribution in [-0.4, -0.2) is 241 Å². The molecule has 0 radical (unpaired) electrons. The normalized spacial score (nSPS) is 14.1. The number of hydrogen-bond donors (Lipinski definition) is 1. The van der Waals surface area contributed by atoms with Crippen molar-refractivity contribution in [2.75, 3.05) is 135 Å². The van der Waals surface area contributed by atoms with E-state index in [1.807, 2.05) is 0 Å². The quantitative estimate of drug-likeness (QED) is 0.0190. The van der Waals surface area contributed by atoms with Gasteiger partial charge in [0.25, 0.3) is 40.5 Å². The maximum Gasteiger partial charge on any atom is 1.00 e. The van der Waals surface area contributed by atoms with Crippen LogP contribution in [0.3, 0.4) is 0 Å². The number of hydrogen-bond acceptors (Lipinski definition) is 38. The minimum absolute atomic E-state index is 0.